The fraction of sp³-hybridized carbons (Fsp3) is 0.357. The molecule has 1 rings (SSSR count). The molecule has 0 fully saturated rings. The van der Waals surface area contributed by atoms with E-state index in [-0.39, 0.29) is 42.8 Å². The first kappa shape index (κ1) is 18.8. The molecule has 0 bridgehead atoms. The second kappa shape index (κ2) is 9.69. The summed E-state index contributed by atoms with van der Waals surface area (Å²) in [6, 6.07) is 8.30. The van der Waals surface area contributed by atoms with Crippen LogP contribution in [-0.2, 0) is 23.9 Å². The predicted octanol–water partition coefficient (Wildman–Crippen LogP) is 0.817. The maximum atomic E-state index is 12.0. The molecule has 0 aliphatic rings. The Labute approximate surface area is 139 Å². The van der Waals surface area contributed by atoms with E-state index in [1.807, 2.05) is 0 Å². The van der Waals surface area contributed by atoms with Crippen molar-refractivity contribution in [3.8, 4) is 0 Å². The molecule has 1 aromatic carbocycles. The van der Waals surface area contributed by atoms with Gasteiger partial charge in [-0.15, -0.1) is 0 Å². The molecule has 0 aliphatic carbocycles. The number of esters is 2. The Hall–Kier alpha value is -1.17. The van der Waals surface area contributed by atoms with Crippen molar-refractivity contribution < 1.29 is 23.9 Å². The number of carbonyl (C=O) groups is 3. The van der Waals surface area contributed by atoms with Gasteiger partial charge in [-0.25, -0.2) is 4.79 Å². The third-order valence-corrected chi connectivity index (χ3v) is 2.39. The van der Waals surface area contributed by atoms with Gasteiger partial charge in [-0.1, -0.05) is 30.3 Å². The number of hydrogen-bond donors (Lipinski definition) is 0. The van der Waals surface area contributed by atoms with Gasteiger partial charge in [-0.3, -0.25) is 9.59 Å². The zero-order valence-electron chi connectivity index (χ0n) is 10.9. The van der Waals surface area contributed by atoms with Crippen LogP contribution >= 0.6 is 0 Å². The van der Waals surface area contributed by atoms with Gasteiger partial charge in [0.05, 0.1) is 13.2 Å². The van der Waals surface area contributed by atoms with Crippen LogP contribution in [0, 0.1) is 0 Å². The van der Waals surface area contributed by atoms with Gasteiger partial charge in [-0.2, -0.15) is 0 Å². The van der Waals surface area contributed by atoms with Gasteiger partial charge in [0.2, 0.25) is 0 Å². The third kappa shape index (κ3) is 5.07. The molecule has 5 nitrogen and oxygen atoms in total. The summed E-state index contributed by atoms with van der Waals surface area (Å²) in [4.78, 5) is 35.3. The molecule has 0 amide bonds. The van der Waals surface area contributed by atoms with Crippen molar-refractivity contribution in [1.29, 1.82) is 0 Å². The van der Waals surface area contributed by atoms with Crippen molar-refractivity contribution in [3.05, 3.63) is 35.9 Å². The molecule has 1 aromatic rings. The van der Waals surface area contributed by atoms with Crippen molar-refractivity contribution in [3.63, 3.8) is 0 Å². The van der Waals surface area contributed by atoms with Crippen LogP contribution in [0.4, 0.5) is 0 Å². The van der Waals surface area contributed by atoms with Crippen molar-refractivity contribution in [2.45, 2.75) is 19.8 Å². The number of rotatable bonds is 6. The van der Waals surface area contributed by atoms with Gasteiger partial charge in [0.15, 0.2) is 5.92 Å². The predicted molar refractivity (Wildman–Crippen MR) is 74.6 cm³/mol. The Bertz CT molecular complexity index is 458. The molecule has 0 saturated heterocycles. The van der Waals surface area contributed by atoms with E-state index >= 15 is 0 Å². The Morgan fingerprint density at radius 2 is 1.55 bits per heavy atom. The fourth-order valence-electron chi connectivity index (χ4n) is 1.59. The van der Waals surface area contributed by atoms with Crippen LogP contribution in [0.25, 0.3) is 0 Å². The molecule has 20 heavy (non-hydrogen) atoms. The summed E-state index contributed by atoms with van der Waals surface area (Å²) >= 11 is 0. The summed E-state index contributed by atoms with van der Waals surface area (Å²) in [5.41, 5.74) is 0.416. The van der Waals surface area contributed by atoms with Crippen molar-refractivity contribution in [2.75, 3.05) is 13.2 Å². The fourth-order valence-corrected chi connectivity index (χ4v) is 1.59. The Balaban J connectivity index is 0.00000361. The third-order valence-electron chi connectivity index (χ3n) is 2.39. The summed E-state index contributed by atoms with van der Waals surface area (Å²) in [6.07, 6.45) is 0. The second-order valence-electron chi connectivity index (χ2n) is 3.68. The minimum absolute atomic E-state index is 0. The SMILES string of the molecule is CCOC(=O)C(=O)C(C(=O)OCC)c1ccccc1.[NaH]. The summed E-state index contributed by atoms with van der Waals surface area (Å²) < 4.78 is 9.48. The van der Waals surface area contributed by atoms with E-state index in [9.17, 15) is 14.4 Å². The second-order valence-corrected chi connectivity index (χ2v) is 3.68. The molecule has 0 aliphatic heterocycles. The molecule has 0 heterocycles. The van der Waals surface area contributed by atoms with E-state index in [1.165, 1.54) is 0 Å². The molecule has 6 heteroatoms. The normalized spacial score (nSPS) is 10.9. The molecule has 0 N–H and O–H groups in total. The molecular formula is C14H17NaO5. The molecule has 104 valence electrons. The first-order valence-corrected chi connectivity index (χ1v) is 6.04. The van der Waals surface area contributed by atoms with E-state index < -0.39 is 23.6 Å². The topological polar surface area (TPSA) is 69.7 Å². The molecule has 1 atom stereocenters. The van der Waals surface area contributed by atoms with Gasteiger partial charge >= 0.3 is 41.5 Å². The zero-order chi connectivity index (χ0) is 14.3. The summed E-state index contributed by atoms with van der Waals surface area (Å²) in [7, 11) is 0. The van der Waals surface area contributed by atoms with Crippen LogP contribution in [0.1, 0.15) is 25.3 Å². The van der Waals surface area contributed by atoms with Crippen LogP contribution in [0.2, 0.25) is 0 Å². The van der Waals surface area contributed by atoms with Gasteiger partial charge in [0.25, 0.3) is 5.78 Å². The van der Waals surface area contributed by atoms with Crippen LogP contribution in [0.15, 0.2) is 30.3 Å². The van der Waals surface area contributed by atoms with E-state index in [0.717, 1.165) is 0 Å². The quantitative estimate of drug-likeness (QED) is 0.335. The molecule has 0 aromatic heterocycles. The van der Waals surface area contributed by atoms with Crippen LogP contribution < -0.4 is 0 Å². The number of carbonyl (C=O) groups excluding carboxylic acids is 3. The number of hydrogen-bond acceptors (Lipinski definition) is 5. The maximum absolute atomic E-state index is 12.0. The van der Waals surface area contributed by atoms with Gasteiger partial charge < -0.3 is 9.47 Å². The number of Topliss-reactive ketones (excluding diaryl/α,β-unsaturated/α-hetero) is 1. The minimum atomic E-state index is -1.26. The Kier molecular flexibility index (Phi) is 9.12. The van der Waals surface area contributed by atoms with Crippen LogP contribution in [0.5, 0.6) is 0 Å². The number of ether oxygens (including phenoxy) is 2. The van der Waals surface area contributed by atoms with Crippen LogP contribution in [0.3, 0.4) is 0 Å². The first-order chi connectivity index (χ1) is 9.11. The monoisotopic (exact) mass is 288 g/mol. The Morgan fingerprint density at radius 1 is 1.00 bits per heavy atom. The molecule has 0 radical (unpaired) electrons. The molecule has 1 unspecified atom stereocenters. The zero-order valence-corrected chi connectivity index (χ0v) is 10.9. The van der Waals surface area contributed by atoms with Crippen LogP contribution in [-0.4, -0.2) is 60.5 Å². The molecular weight excluding hydrogens is 271 g/mol. The Morgan fingerprint density at radius 3 is 2.05 bits per heavy atom. The van der Waals surface area contributed by atoms with E-state index in [0.29, 0.717) is 5.56 Å². The number of benzene rings is 1. The van der Waals surface area contributed by atoms with Gasteiger partial charge in [0, 0.05) is 0 Å². The van der Waals surface area contributed by atoms with Gasteiger partial charge in [-0.05, 0) is 19.4 Å². The number of ketones is 1. The van der Waals surface area contributed by atoms with E-state index in [4.69, 9.17) is 4.74 Å². The standard InChI is InChI=1S/C14H16O5.Na.H/c1-3-18-13(16)11(10-8-6-5-7-9-10)12(15)14(17)19-4-2;;/h5-9,11H,3-4H2,1-2H3;;. The van der Waals surface area contributed by atoms with E-state index in [2.05, 4.69) is 4.74 Å². The van der Waals surface area contributed by atoms with Crippen molar-refractivity contribution >= 4 is 47.3 Å². The summed E-state index contributed by atoms with van der Waals surface area (Å²) in [5, 5.41) is 0. The average molecular weight is 288 g/mol. The summed E-state index contributed by atoms with van der Waals surface area (Å²) in [6.45, 7) is 3.44. The average Bonchev–Trinajstić information content (AvgIpc) is 2.40. The summed E-state index contributed by atoms with van der Waals surface area (Å²) in [5.74, 6) is -3.94. The molecule has 0 spiro atoms. The van der Waals surface area contributed by atoms with E-state index in [1.54, 1.807) is 44.2 Å². The van der Waals surface area contributed by atoms with Crippen molar-refractivity contribution in [1.82, 2.24) is 0 Å². The first-order valence-electron chi connectivity index (χ1n) is 6.04. The van der Waals surface area contributed by atoms with Crippen molar-refractivity contribution in [2.24, 2.45) is 0 Å². The van der Waals surface area contributed by atoms with Gasteiger partial charge in [0.1, 0.15) is 0 Å². The molecule has 0 saturated carbocycles.